The Morgan fingerprint density at radius 3 is 2.24 bits per heavy atom. The Balaban J connectivity index is 1.80. The molecule has 180 valence electrons. The van der Waals surface area contributed by atoms with Crippen molar-refractivity contribution in [2.24, 2.45) is 0 Å². The van der Waals surface area contributed by atoms with Crippen LogP contribution in [0.2, 0.25) is 0 Å². The summed E-state index contributed by atoms with van der Waals surface area (Å²) >= 11 is 0. The summed E-state index contributed by atoms with van der Waals surface area (Å²) in [5, 5.41) is 44.9. The molecular formula is C25H28N2O7. The molecule has 1 aliphatic heterocycles. The molecule has 5 N–H and O–H groups in total. The Kier molecular flexibility index (Phi) is 6.57. The van der Waals surface area contributed by atoms with E-state index in [0.717, 1.165) is 4.57 Å². The number of aromatic nitrogens is 2. The van der Waals surface area contributed by atoms with Gasteiger partial charge in [-0.1, -0.05) is 60.7 Å². The zero-order valence-electron chi connectivity index (χ0n) is 18.7. The van der Waals surface area contributed by atoms with Crippen LogP contribution in [-0.2, 0) is 17.6 Å². The van der Waals surface area contributed by atoms with Gasteiger partial charge in [0, 0.05) is 24.6 Å². The molecule has 34 heavy (non-hydrogen) atoms. The van der Waals surface area contributed by atoms with E-state index < -0.39 is 47.5 Å². The minimum Gasteiger partial charge on any atom is -0.393 e. The summed E-state index contributed by atoms with van der Waals surface area (Å²) in [7, 11) is 0. The highest BCUT2D eigenvalue weighted by Gasteiger charge is 2.62. The van der Waals surface area contributed by atoms with Crippen LogP contribution in [-0.4, -0.2) is 60.0 Å². The molecule has 4 rings (SSSR count). The number of aromatic amines is 1. The van der Waals surface area contributed by atoms with Gasteiger partial charge in [-0.15, -0.1) is 0 Å². The summed E-state index contributed by atoms with van der Waals surface area (Å²) in [5.74, 6) is 0. The zero-order valence-corrected chi connectivity index (χ0v) is 18.7. The van der Waals surface area contributed by atoms with Crippen molar-refractivity contribution in [1.29, 1.82) is 0 Å². The van der Waals surface area contributed by atoms with Crippen molar-refractivity contribution in [2.45, 2.75) is 49.4 Å². The lowest BCUT2D eigenvalue weighted by atomic mass is 9.76. The molecule has 1 saturated heterocycles. The highest BCUT2D eigenvalue weighted by molar-refractivity contribution is 5.24. The van der Waals surface area contributed by atoms with Gasteiger partial charge in [-0.25, -0.2) is 4.79 Å². The van der Waals surface area contributed by atoms with E-state index >= 15 is 0 Å². The van der Waals surface area contributed by atoms with Gasteiger partial charge in [-0.2, -0.15) is 0 Å². The fraction of sp³-hybridized carbons (Fsp3) is 0.360. The van der Waals surface area contributed by atoms with Crippen molar-refractivity contribution in [1.82, 2.24) is 9.55 Å². The Morgan fingerprint density at radius 1 is 1.06 bits per heavy atom. The van der Waals surface area contributed by atoms with E-state index in [0.29, 0.717) is 11.1 Å². The Labute approximate surface area is 195 Å². The van der Waals surface area contributed by atoms with E-state index in [9.17, 15) is 30.0 Å². The van der Waals surface area contributed by atoms with Crippen LogP contribution < -0.4 is 11.2 Å². The number of aliphatic hydroxyl groups is 4. The zero-order chi connectivity index (χ0) is 24.5. The standard InChI is InChI=1S/C25H28N2O7/c1-16-14-27(23(31)26-20(16)30)21-19(29)25(33,13-18-10-6-3-7-11-18)22(34-21)24(32,15-28)12-17-8-4-2-5-9-17/h2-11,14,19,21-22,28-29,32-33H,12-13,15H2,1H3,(H,26,30,31)/t19-,21+,22+,24-,25-/m0/s1. The molecule has 1 fully saturated rings. The molecule has 0 radical (unpaired) electrons. The number of aliphatic hydroxyl groups excluding tert-OH is 2. The summed E-state index contributed by atoms with van der Waals surface area (Å²) < 4.78 is 6.97. The molecule has 9 heteroatoms. The maximum absolute atomic E-state index is 12.5. The molecule has 0 bridgehead atoms. The van der Waals surface area contributed by atoms with Gasteiger partial charge in [-0.3, -0.25) is 14.3 Å². The van der Waals surface area contributed by atoms with Gasteiger partial charge in [0.2, 0.25) is 0 Å². The lowest BCUT2D eigenvalue weighted by Gasteiger charge is -2.40. The van der Waals surface area contributed by atoms with Gasteiger partial charge >= 0.3 is 5.69 Å². The van der Waals surface area contributed by atoms with E-state index in [2.05, 4.69) is 4.98 Å². The molecule has 2 heterocycles. The second-order valence-electron chi connectivity index (χ2n) is 8.91. The molecule has 1 aliphatic rings. The first kappa shape index (κ1) is 24.1. The first-order chi connectivity index (χ1) is 16.2. The number of hydrogen-bond donors (Lipinski definition) is 5. The third kappa shape index (κ3) is 4.36. The van der Waals surface area contributed by atoms with E-state index in [1.165, 1.54) is 13.1 Å². The summed E-state index contributed by atoms with van der Waals surface area (Å²) in [6, 6.07) is 17.7. The lowest BCUT2D eigenvalue weighted by molar-refractivity contribution is -0.184. The fourth-order valence-electron chi connectivity index (χ4n) is 4.62. The van der Waals surface area contributed by atoms with Crippen molar-refractivity contribution >= 4 is 0 Å². The third-order valence-corrected chi connectivity index (χ3v) is 6.38. The SMILES string of the molecule is Cc1cn([C@@H]2O[C@H]([C@@](O)(CO)Cc3ccccc3)[C@](O)(Cc3ccccc3)[C@H]2O)c(=O)[nH]c1=O. The smallest absolute Gasteiger partial charge is 0.330 e. The van der Waals surface area contributed by atoms with Crippen molar-refractivity contribution in [3.8, 4) is 0 Å². The van der Waals surface area contributed by atoms with E-state index in [1.54, 1.807) is 54.6 Å². The van der Waals surface area contributed by atoms with E-state index in [4.69, 9.17) is 4.74 Å². The largest absolute Gasteiger partial charge is 0.393 e. The van der Waals surface area contributed by atoms with Crippen LogP contribution >= 0.6 is 0 Å². The molecule has 0 spiro atoms. The van der Waals surface area contributed by atoms with Gasteiger partial charge in [-0.05, 0) is 18.1 Å². The third-order valence-electron chi connectivity index (χ3n) is 6.38. The number of nitrogens with one attached hydrogen (secondary N) is 1. The molecular weight excluding hydrogens is 440 g/mol. The average Bonchev–Trinajstić information content (AvgIpc) is 3.08. The van der Waals surface area contributed by atoms with Crippen molar-refractivity contribution in [3.05, 3.63) is 104 Å². The lowest BCUT2D eigenvalue weighted by Crippen LogP contribution is -2.61. The molecule has 0 unspecified atom stereocenters. The minimum atomic E-state index is -2.08. The predicted octanol–water partition coefficient (Wildman–Crippen LogP) is 0.0432. The average molecular weight is 469 g/mol. The molecule has 0 aliphatic carbocycles. The topological polar surface area (TPSA) is 145 Å². The van der Waals surface area contributed by atoms with Gasteiger partial charge in [0.1, 0.15) is 23.4 Å². The maximum Gasteiger partial charge on any atom is 0.330 e. The second-order valence-corrected chi connectivity index (χ2v) is 8.91. The summed E-state index contributed by atoms with van der Waals surface area (Å²) in [5.41, 5.74) is -3.96. The normalized spacial score (nSPS) is 26.3. The summed E-state index contributed by atoms with van der Waals surface area (Å²) in [4.78, 5) is 26.5. The number of benzene rings is 2. The number of hydrogen-bond acceptors (Lipinski definition) is 7. The maximum atomic E-state index is 12.5. The van der Waals surface area contributed by atoms with Gasteiger partial charge in [0.05, 0.1) is 6.61 Å². The van der Waals surface area contributed by atoms with Crippen LogP contribution in [0, 0.1) is 6.92 Å². The van der Waals surface area contributed by atoms with Crippen LogP contribution in [0.4, 0.5) is 0 Å². The van der Waals surface area contributed by atoms with E-state index in [1.807, 2.05) is 6.07 Å². The molecule has 1 aromatic heterocycles. The Hall–Kier alpha value is -3.08. The predicted molar refractivity (Wildman–Crippen MR) is 123 cm³/mol. The first-order valence-electron chi connectivity index (χ1n) is 11.0. The number of aryl methyl sites for hydroxylation is 1. The highest BCUT2D eigenvalue weighted by Crippen LogP contribution is 2.44. The Bertz CT molecular complexity index is 1240. The van der Waals surface area contributed by atoms with Crippen LogP contribution in [0.1, 0.15) is 22.9 Å². The summed E-state index contributed by atoms with van der Waals surface area (Å²) in [6.45, 7) is 0.714. The number of rotatable bonds is 7. The highest BCUT2D eigenvalue weighted by atomic mass is 16.6. The van der Waals surface area contributed by atoms with Crippen molar-refractivity contribution in [3.63, 3.8) is 0 Å². The van der Waals surface area contributed by atoms with Crippen LogP contribution in [0.3, 0.4) is 0 Å². The Morgan fingerprint density at radius 2 is 1.65 bits per heavy atom. The minimum absolute atomic E-state index is 0.0783. The van der Waals surface area contributed by atoms with Gasteiger partial charge < -0.3 is 25.2 Å². The van der Waals surface area contributed by atoms with E-state index in [-0.39, 0.29) is 18.4 Å². The molecule has 3 aromatic rings. The van der Waals surface area contributed by atoms with Crippen LogP contribution in [0.15, 0.2) is 76.4 Å². The molecule has 2 aromatic carbocycles. The number of nitrogens with zero attached hydrogens (tertiary/aromatic N) is 1. The van der Waals surface area contributed by atoms with Gasteiger partial charge in [0.25, 0.3) is 5.56 Å². The number of H-pyrrole nitrogens is 1. The molecule has 0 amide bonds. The van der Waals surface area contributed by atoms with Crippen molar-refractivity contribution < 1.29 is 25.2 Å². The van der Waals surface area contributed by atoms with Crippen molar-refractivity contribution in [2.75, 3.05) is 6.61 Å². The second kappa shape index (κ2) is 9.28. The summed E-state index contributed by atoms with van der Waals surface area (Å²) in [6.07, 6.45) is -3.54. The number of ether oxygens (including phenoxy) is 1. The molecule has 9 nitrogen and oxygen atoms in total. The fourth-order valence-corrected chi connectivity index (χ4v) is 4.62. The quantitative estimate of drug-likeness (QED) is 0.329. The first-order valence-corrected chi connectivity index (χ1v) is 11.0. The monoisotopic (exact) mass is 468 g/mol. The van der Waals surface area contributed by atoms with Gasteiger partial charge in [0.15, 0.2) is 6.23 Å². The van der Waals surface area contributed by atoms with Crippen LogP contribution in [0.5, 0.6) is 0 Å². The van der Waals surface area contributed by atoms with Crippen LogP contribution in [0.25, 0.3) is 0 Å². The molecule has 5 atom stereocenters. The molecule has 0 saturated carbocycles.